The highest BCUT2D eigenvalue weighted by atomic mass is 32.2. The lowest BCUT2D eigenvalue weighted by Gasteiger charge is -2.24. The number of carbonyl (C=O) groups excluding carboxylic acids is 1. The molecule has 1 fully saturated rings. The van der Waals surface area contributed by atoms with E-state index in [9.17, 15) is 13.6 Å². The van der Waals surface area contributed by atoms with Crippen molar-refractivity contribution in [1.82, 2.24) is 15.3 Å². The summed E-state index contributed by atoms with van der Waals surface area (Å²) in [5, 5.41) is 0.590. The van der Waals surface area contributed by atoms with Crippen LogP contribution >= 0.6 is 23.1 Å². The molecule has 0 radical (unpaired) electrons. The zero-order chi connectivity index (χ0) is 18.1. The van der Waals surface area contributed by atoms with E-state index in [-0.39, 0.29) is 23.0 Å². The third kappa shape index (κ3) is 3.64. The number of carbonyl (C=O) groups is 1. The van der Waals surface area contributed by atoms with Crippen LogP contribution in [-0.2, 0) is 11.3 Å². The number of hydrogen-bond donors (Lipinski definition) is 2. The number of anilines is 1. The van der Waals surface area contributed by atoms with Crippen molar-refractivity contribution >= 4 is 44.4 Å². The summed E-state index contributed by atoms with van der Waals surface area (Å²) < 4.78 is 27.2. The van der Waals surface area contributed by atoms with E-state index in [0.717, 1.165) is 10.3 Å². The molecule has 0 aliphatic carbocycles. The summed E-state index contributed by atoms with van der Waals surface area (Å²) in [5.41, 5.74) is 7.24. The zero-order valence-corrected chi connectivity index (χ0v) is 15.0. The molecule has 1 aliphatic rings. The highest BCUT2D eigenvalue weighted by Crippen LogP contribution is 2.28. The van der Waals surface area contributed by atoms with E-state index < -0.39 is 0 Å². The molecule has 0 saturated carbocycles. The van der Waals surface area contributed by atoms with Gasteiger partial charge in [-0.1, -0.05) is 23.5 Å². The standard InChI is InChI=1S/C17H14F2N4OS2/c18-11-3-1-10(2-4-11)8-23-15(24)9-25-17(23)22-21-16-20-13-7-12(19)5-6-14(13)26-16/h1-7,17,22H,8-9H2,(H,20,21). The number of rotatable bonds is 5. The number of benzene rings is 2. The van der Waals surface area contributed by atoms with Gasteiger partial charge in [-0.3, -0.25) is 10.2 Å². The Balaban J connectivity index is 1.43. The summed E-state index contributed by atoms with van der Waals surface area (Å²) in [6.45, 7) is 0.385. The number of hydrogen-bond acceptors (Lipinski definition) is 6. The lowest BCUT2D eigenvalue weighted by molar-refractivity contribution is -0.128. The number of nitrogens with one attached hydrogen (secondary N) is 2. The molecule has 0 bridgehead atoms. The molecule has 3 aromatic rings. The van der Waals surface area contributed by atoms with Gasteiger partial charge in [-0.25, -0.2) is 19.2 Å². The molecule has 1 aromatic heterocycles. The van der Waals surface area contributed by atoms with Gasteiger partial charge < -0.3 is 4.90 Å². The van der Waals surface area contributed by atoms with Crippen LogP contribution in [0.15, 0.2) is 42.5 Å². The van der Waals surface area contributed by atoms with Crippen LogP contribution < -0.4 is 10.9 Å². The molecule has 4 rings (SSSR count). The van der Waals surface area contributed by atoms with Crippen LogP contribution in [0.3, 0.4) is 0 Å². The van der Waals surface area contributed by atoms with Gasteiger partial charge in [0.05, 0.1) is 16.0 Å². The van der Waals surface area contributed by atoms with E-state index in [1.165, 1.54) is 47.4 Å². The molecule has 9 heteroatoms. The van der Waals surface area contributed by atoms with Gasteiger partial charge in [0.1, 0.15) is 17.1 Å². The first kappa shape index (κ1) is 17.2. The number of hydrazine groups is 1. The first-order valence-corrected chi connectivity index (χ1v) is 9.68. The van der Waals surface area contributed by atoms with Crippen molar-refractivity contribution in [3.05, 3.63) is 59.7 Å². The smallest absolute Gasteiger partial charge is 0.234 e. The first-order chi connectivity index (χ1) is 12.6. The number of halogens is 2. The maximum absolute atomic E-state index is 13.3. The molecule has 5 nitrogen and oxygen atoms in total. The van der Waals surface area contributed by atoms with Crippen molar-refractivity contribution in [1.29, 1.82) is 0 Å². The van der Waals surface area contributed by atoms with E-state index in [2.05, 4.69) is 15.8 Å². The Labute approximate surface area is 156 Å². The van der Waals surface area contributed by atoms with Gasteiger partial charge in [0.25, 0.3) is 0 Å². The second-order valence-electron chi connectivity index (χ2n) is 5.71. The Hall–Kier alpha value is -2.23. The molecular weight excluding hydrogens is 378 g/mol. The molecule has 1 aliphatic heterocycles. The summed E-state index contributed by atoms with van der Waals surface area (Å²) in [5.74, 6) is -0.264. The van der Waals surface area contributed by atoms with Gasteiger partial charge in [0, 0.05) is 12.6 Å². The van der Waals surface area contributed by atoms with E-state index in [1.807, 2.05) is 0 Å². The maximum atomic E-state index is 13.3. The molecule has 1 saturated heterocycles. The second-order valence-corrected chi connectivity index (χ2v) is 7.81. The predicted molar refractivity (Wildman–Crippen MR) is 99.5 cm³/mol. The van der Waals surface area contributed by atoms with Gasteiger partial charge in [0.15, 0.2) is 5.13 Å². The molecule has 1 amide bonds. The minimum absolute atomic E-state index is 0.00463. The highest BCUT2D eigenvalue weighted by molar-refractivity contribution is 8.00. The van der Waals surface area contributed by atoms with E-state index in [1.54, 1.807) is 23.1 Å². The summed E-state index contributed by atoms with van der Waals surface area (Å²) in [4.78, 5) is 18.2. The number of amides is 1. The van der Waals surface area contributed by atoms with Crippen LogP contribution in [0.4, 0.5) is 13.9 Å². The predicted octanol–water partition coefficient (Wildman–Crippen LogP) is 3.55. The fraction of sp³-hybridized carbons (Fsp3) is 0.176. The van der Waals surface area contributed by atoms with Crippen LogP contribution in [0.2, 0.25) is 0 Å². The summed E-state index contributed by atoms with van der Waals surface area (Å²) in [6, 6.07) is 10.5. The van der Waals surface area contributed by atoms with Crippen molar-refractivity contribution in [2.24, 2.45) is 0 Å². The Morgan fingerprint density at radius 1 is 1.15 bits per heavy atom. The molecule has 134 valence electrons. The Morgan fingerprint density at radius 2 is 1.92 bits per heavy atom. The summed E-state index contributed by atoms with van der Waals surface area (Å²) in [6.07, 6.45) is 0. The van der Waals surface area contributed by atoms with Crippen molar-refractivity contribution in [2.45, 2.75) is 12.0 Å². The quantitative estimate of drug-likeness (QED) is 0.651. The van der Waals surface area contributed by atoms with Crippen LogP contribution in [0.25, 0.3) is 10.2 Å². The summed E-state index contributed by atoms with van der Waals surface area (Å²) in [7, 11) is 0. The third-order valence-corrected chi connectivity index (χ3v) is 5.94. The maximum Gasteiger partial charge on any atom is 0.234 e. The largest absolute Gasteiger partial charge is 0.311 e. The highest BCUT2D eigenvalue weighted by Gasteiger charge is 2.31. The minimum Gasteiger partial charge on any atom is -0.311 e. The third-order valence-electron chi connectivity index (χ3n) is 3.89. The molecule has 1 unspecified atom stereocenters. The van der Waals surface area contributed by atoms with Gasteiger partial charge in [-0.2, -0.15) is 0 Å². The summed E-state index contributed by atoms with van der Waals surface area (Å²) >= 11 is 2.85. The van der Waals surface area contributed by atoms with E-state index >= 15 is 0 Å². The number of aromatic nitrogens is 1. The molecule has 0 spiro atoms. The molecule has 2 aromatic carbocycles. The van der Waals surface area contributed by atoms with Crippen molar-refractivity contribution in [3.8, 4) is 0 Å². The average molecular weight is 392 g/mol. The first-order valence-electron chi connectivity index (χ1n) is 7.82. The Morgan fingerprint density at radius 3 is 2.73 bits per heavy atom. The SMILES string of the molecule is O=C1CSC(NNc2nc3cc(F)ccc3s2)N1Cc1ccc(F)cc1. The number of nitrogens with zero attached hydrogens (tertiary/aromatic N) is 2. The normalized spacial score (nSPS) is 17.2. The van der Waals surface area contributed by atoms with Crippen molar-refractivity contribution in [3.63, 3.8) is 0 Å². The number of fused-ring (bicyclic) bond motifs is 1. The monoisotopic (exact) mass is 392 g/mol. The van der Waals surface area contributed by atoms with Gasteiger partial charge in [0.2, 0.25) is 5.91 Å². The zero-order valence-electron chi connectivity index (χ0n) is 13.4. The van der Waals surface area contributed by atoms with Crippen LogP contribution in [0.1, 0.15) is 5.56 Å². The van der Waals surface area contributed by atoms with Crippen molar-refractivity contribution < 1.29 is 13.6 Å². The molecule has 2 N–H and O–H groups in total. The lowest BCUT2D eigenvalue weighted by Crippen LogP contribution is -2.43. The van der Waals surface area contributed by atoms with Gasteiger partial charge in [-0.05, 0) is 29.8 Å². The Kier molecular flexibility index (Phi) is 4.75. The number of thiazole rings is 1. The van der Waals surface area contributed by atoms with E-state index in [0.29, 0.717) is 22.9 Å². The van der Waals surface area contributed by atoms with E-state index in [4.69, 9.17) is 0 Å². The van der Waals surface area contributed by atoms with Crippen molar-refractivity contribution in [2.75, 3.05) is 11.2 Å². The average Bonchev–Trinajstić information content (AvgIpc) is 3.18. The topological polar surface area (TPSA) is 57.3 Å². The van der Waals surface area contributed by atoms with Crippen LogP contribution in [0, 0.1) is 11.6 Å². The molecule has 1 atom stereocenters. The fourth-order valence-electron chi connectivity index (χ4n) is 2.61. The Bertz CT molecular complexity index is 948. The minimum atomic E-state index is -0.329. The molecular formula is C17H14F2N4OS2. The van der Waals surface area contributed by atoms with Gasteiger partial charge >= 0.3 is 0 Å². The number of thioether (sulfide) groups is 1. The second kappa shape index (κ2) is 7.18. The van der Waals surface area contributed by atoms with Gasteiger partial charge in [-0.15, -0.1) is 11.8 Å². The fourth-order valence-corrected chi connectivity index (χ4v) is 4.40. The van der Waals surface area contributed by atoms with Crippen LogP contribution in [0.5, 0.6) is 0 Å². The van der Waals surface area contributed by atoms with Crippen LogP contribution in [-0.4, -0.2) is 27.0 Å². The molecule has 2 heterocycles. The molecule has 26 heavy (non-hydrogen) atoms. The lowest BCUT2D eigenvalue weighted by atomic mass is 10.2.